The molecule has 8 heteroatoms. The molecule has 0 N–H and O–H groups in total. The van der Waals surface area contributed by atoms with Crippen LogP contribution in [0.15, 0.2) is 23.5 Å². The third kappa shape index (κ3) is 4.86. The second-order valence-electron chi connectivity index (χ2n) is 8.87. The molecule has 3 aliphatic rings. The Bertz CT molecular complexity index is 759. The standard InChI is InChI=1S/C22H30O8/c1-12(2)6-18(24)29-17-8-16-15(9-26-14(5)23)10-27-21(20(16)22(17)11-28-22)30-19(25)7-13(3)4/h8,10,12-13,17,20-21H,6-7,9,11H2,1-5H3/t17-,20+,21-,22+/m1/s1. The fraction of sp³-hybridized carbons (Fsp3) is 0.682. The molecule has 0 saturated carbocycles. The maximum atomic E-state index is 12.3. The molecule has 1 aliphatic carbocycles. The van der Waals surface area contributed by atoms with Gasteiger partial charge >= 0.3 is 17.9 Å². The Morgan fingerprint density at radius 3 is 2.23 bits per heavy atom. The molecule has 166 valence electrons. The molecule has 2 aliphatic heterocycles. The molecule has 0 radical (unpaired) electrons. The monoisotopic (exact) mass is 422 g/mol. The lowest BCUT2D eigenvalue weighted by Gasteiger charge is -2.33. The molecule has 1 spiro atoms. The zero-order valence-corrected chi connectivity index (χ0v) is 18.1. The van der Waals surface area contributed by atoms with Crippen molar-refractivity contribution in [1.29, 1.82) is 0 Å². The Kier molecular flexibility index (Phi) is 6.55. The first kappa shape index (κ1) is 22.3. The average Bonchev–Trinajstić information content (AvgIpc) is 3.33. The Morgan fingerprint density at radius 2 is 1.70 bits per heavy atom. The number of carbonyl (C=O) groups is 3. The van der Waals surface area contributed by atoms with Gasteiger partial charge in [-0.25, -0.2) is 0 Å². The minimum atomic E-state index is -0.903. The van der Waals surface area contributed by atoms with E-state index in [1.165, 1.54) is 13.2 Å². The average molecular weight is 422 g/mol. The zero-order valence-electron chi connectivity index (χ0n) is 18.1. The second-order valence-corrected chi connectivity index (χ2v) is 8.87. The van der Waals surface area contributed by atoms with Crippen LogP contribution in [0, 0.1) is 17.8 Å². The van der Waals surface area contributed by atoms with Gasteiger partial charge < -0.3 is 23.7 Å². The van der Waals surface area contributed by atoms with Crippen LogP contribution in [0.2, 0.25) is 0 Å². The highest BCUT2D eigenvalue weighted by molar-refractivity contribution is 5.71. The molecule has 2 heterocycles. The van der Waals surface area contributed by atoms with Crippen molar-refractivity contribution in [3.05, 3.63) is 23.5 Å². The number of carbonyl (C=O) groups excluding carboxylic acids is 3. The molecule has 0 aromatic rings. The summed E-state index contributed by atoms with van der Waals surface area (Å²) in [6.07, 6.45) is 2.26. The molecule has 8 nitrogen and oxygen atoms in total. The highest BCUT2D eigenvalue weighted by Crippen LogP contribution is 2.54. The van der Waals surface area contributed by atoms with E-state index < -0.39 is 29.9 Å². The van der Waals surface area contributed by atoms with Crippen LogP contribution in [0.5, 0.6) is 0 Å². The van der Waals surface area contributed by atoms with Crippen molar-refractivity contribution in [1.82, 2.24) is 0 Å². The molecule has 0 unspecified atom stereocenters. The van der Waals surface area contributed by atoms with Crippen LogP contribution in [0.4, 0.5) is 0 Å². The van der Waals surface area contributed by atoms with Gasteiger partial charge in [-0.15, -0.1) is 0 Å². The number of fused-ring (bicyclic) bond motifs is 2. The van der Waals surface area contributed by atoms with Crippen LogP contribution in [-0.2, 0) is 38.1 Å². The minimum absolute atomic E-state index is 0.00701. The SMILES string of the molecule is CC(=O)OCC1=CO[C@H](OC(=O)CC(C)C)[C@@H]2C1=C[C@@H](OC(=O)CC(C)C)[C@@]21CO1. The lowest BCUT2D eigenvalue weighted by atomic mass is 9.85. The van der Waals surface area contributed by atoms with Gasteiger partial charge in [0.2, 0.25) is 0 Å². The van der Waals surface area contributed by atoms with Gasteiger partial charge in [0.1, 0.15) is 12.2 Å². The normalized spacial score (nSPS) is 29.1. The predicted molar refractivity (Wildman–Crippen MR) is 105 cm³/mol. The van der Waals surface area contributed by atoms with Gasteiger partial charge in [0, 0.05) is 25.3 Å². The molecule has 1 fully saturated rings. The maximum Gasteiger partial charge on any atom is 0.309 e. The van der Waals surface area contributed by atoms with Gasteiger partial charge in [-0.2, -0.15) is 0 Å². The van der Waals surface area contributed by atoms with Gasteiger partial charge in [0.15, 0.2) is 6.10 Å². The highest BCUT2D eigenvalue weighted by Gasteiger charge is 2.67. The molecule has 0 aromatic carbocycles. The zero-order chi connectivity index (χ0) is 22.1. The highest BCUT2D eigenvalue weighted by atomic mass is 16.7. The predicted octanol–water partition coefficient (Wildman–Crippen LogP) is 2.66. The summed E-state index contributed by atoms with van der Waals surface area (Å²) < 4.78 is 28.0. The van der Waals surface area contributed by atoms with Gasteiger partial charge in [-0.3, -0.25) is 14.4 Å². The largest absolute Gasteiger partial charge is 0.461 e. The minimum Gasteiger partial charge on any atom is -0.461 e. The molecular weight excluding hydrogens is 392 g/mol. The Hall–Kier alpha value is -2.35. The number of hydrogen-bond acceptors (Lipinski definition) is 8. The molecule has 0 bridgehead atoms. The van der Waals surface area contributed by atoms with Crippen LogP contribution >= 0.6 is 0 Å². The third-order valence-electron chi connectivity index (χ3n) is 5.23. The van der Waals surface area contributed by atoms with Crippen molar-refractivity contribution in [2.24, 2.45) is 17.8 Å². The summed E-state index contributed by atoms with van der Waals surface area (Å²) in [5, 5.41) is 0. The quantitative estimate of drug-likeness (QED) is 0.334. The summed E-state index contributed by atoms with van der Waals surface area (Å²) in [5.41, 5.74) is 0.550. The van der Waals surface area contributed by atoms with E-state index in [4.69, 9.17) is 23.7 Å². The molecule has 0 aromatic heterocycles. The van der Waals surface area contributed by atoms with E-state index in [1.54, 1.807) is 6.08 Å². The van der Waals surface area contributed by atoms with Crippen molar-refractivity contribution in [3.63, 3.8) is 0 Å². The Morgan fingerprint density at radius 1 is 1.10 bits per heavy atom. The number of epoxide rings is 1. The fourth-order valence-corrected chi connectivity index (χ4v) is 3.82. The van der Waals surface area contributed by atoms with Gasteiger partial charge in [-0.05, 0) is 23.5 Å². The summed E-state index contributed by atoms with van der Waals surface area (Å²) in [5.74, 6) is -1.28. The number of esters is 3. The fourth-order valence-electron chi connectivity index (χ4n) is 3.82. The lowest BCUT2D eigenvalue weighted by molar-refractivity contribution is -0.186. The maximum absolute atomic E-state index is 12.3. The lowest BCUT2D eigenvalue weighted by Crippen LogP contribution is -2.44. The molecule has 30 heavy (non-hydrogen) atoms. The molecule has 1 saturated heterocycles. The van der Waals surface area contributed by atoms with E-state index in [0.717, 1.165) is 5.57 Å². The summed E-state index contributed by atoms with van der Waals surface area (Å²) in [7, 11) is 0. The van der Waals surface area contributed by atoms with Crippen LogP contribution in [0.25, 0.3) is 0 Å². The summed E-state index contributed by atoms with van der Waals surface area (Å²) in [4.78, 5) is 35.9. The molecule has 3 rings (SSSR count). The first-order chi connectivity index (χ1) is 14.1. The topological polar surface area (TPSA) is 101 Å². The van der Waals surface area contributed by atoms with Crippen molar-refractivity contribution >= 4 is 17.9 Å². The summed E-state index contributed by atoms with van der Waals surface area (Å²) >= 11 is 0. The van der Waals surface area contributed by atoms with Gasteiger partial charge in [-0.1, -0.05) is 27.7 Å². The number of rotatable bonds is 8. The van der Waals surface area contributed by atoms with E-state index in [0.29, 0.717) is 18.6 Å². The van der Waals surface area contributed by atoms with E-state index in [9.17, 15) is 14.4 Å². The Labute approximate surface area is 176 Å². The van der Waals surface area contributed by atoms with Crippen molar-refractivity contribution in [2.45, 2.75) is 65.5 Å². The Balaban J connectivity index is 1.83. The van der Waals surface area contributed by atoms with Gasteiger partial charge in [0.05, 0.1) is 18.8 Å². The van der Waals surface area contributed by atoms with Crippen molar-refractivity contribution in [3.8, 4) is 0 Å². The molecule has 4 atom stereocenters. The van der Waals surface area contributed by atoms with E-state index in [-0.39, 0.29) is 36.8 Å². The first-order valence-corrected chi connectivity index (χ1v) is 10.3. The van der Waals surface area contributed by atoms with Crippen molar-refractivity contribution in [2.75, 3.05) is 13.2 Å². The van der Waals surface area contributed by atoms with Crippen LogP contribution in [-0.4, -0.2) is 49.1 Å². The second kappa shape index (κ2) is 8.79. The van der Waals surface area contributed by atoms with Crippen molar-refractivity contribution < 1.29 is 38.1 Å². The van der Waals surface area contributed by atoms with E-state index >= 15 is 0 Å². The number of ether oxygens (including phenoxy) is 5. The summed E-state index contributed by atoms with van der Waals surface area (Å²) in [6, 6.07) is 0. The summed E-state index contributed by atoms with van der Waals surface area (Å²) in [6.45, 7) is 9.41. The first-order valence-electron chi connectivity index (χ1n) is 10.3. The smallest absolute Gasteiger partial charge is 0.309 e. The van der Waals surface area contributed by atoms with Crippen LogP contribution in [0.3, 0.4) is 0 Å². The number of hydrogen-bond donors (Lipinski definition) is 0. The van der Waals surface area contributed by atoms with E-state index in [2.05, 4.69) is 0 Å². The van der Waals surface area contributed by atoms with Crippen LogP contribution < -0.4 is 0 Å². The molecule has 0 amide bonds. The van der Waals surface area contributed by atoms with Crippen LogP contribution in [0.1, 0.15) is 47.5 Å². The third-order valence-corrected chi connectivity index (χ3v) is 5.23. The van der Waals surface area contributed by atoms with E-state index in [1.807, 2.05) is 27.7 Å². The van der Waals surface area contributed by atoms with Gasteiger partial charge in [0.25, 0.3) is 6.29 Å². The molecular formula is C22H30O8.